The van der Waals surface area contributed by atoms with Gasteiger partial charge in [0.25, 0.3) is 0 Å². The highest BCUT2D eigenvalue weighted by Gasteiger charge is 2.34. The second kappa shape index (κ2) is 4.53. The highest BCUT2D eigenvalue weighted by Crippen LogP contribution is 2.42. The van der Waals surface area contributed by atoms with Crippen molar-refractivity contribution in [2.45, 2.75) is 26.2 Å². The molecule has 0 amide bonds. The summed E-state index contributed by atoms with van der Waals surface area (Å²) < 4.78 is 4.81. The zero-order valence-electron chi connectivity index (χ0n) is 9.03. The topological polar surface area (TPSA) is 26.3 Å². The Labute approximate surface area is 90.7 Å². The maximum Gasteiger partial charge on any atom is 0.302 e. The number of hydrogen-bond donors (Lipinski definition) is 0. The van der Waals surface area contributed by atoms with Crippen LogP contribution in [0.2, 0.25) is 0 Å². The standard InChI is InChI=1S/C13H16O2/c1-10(14)15-7-3-2-4-12-8-11-5-6-13(12)9-11/h5-6,11-13H,3,7-9H2,1H3. The van der Waals surface area contributed by atoms with Gasteiger partial charge in [0.2, 0.25) is 0 Å². The maximum atomic E-state index is 10.5. The van der Waals surface area contributed by atoms with Crippen LogP contribution < -0.4 is 0 Å². The molecular formula is C13H16O2. The maximum absolute atomic E-state index is 10.5. The van der Waals surface area contributed by atoms with Gasteiger partial charge in [-0.05, 0) is 24.7 Å². The summed E-state index contributed by atoms with van der Waals surface area (Å²) in [4.78, 5) is 10.5. The molecule has 2 heteroatoms. The third-order valence-electron chi connectivity index (χ3n) is 3.10. The molecule has 2 aliphatic carbocycles. The molecule has 3 atom stereocenters. The minimum atomic E-state index is -0.223. The zero-order chi connectivity index (χ0) is 10.7. The van der Waals surface area contributed by atoms with Gasteiger partial charge >= 0.3 is 5.97 Å². The van der Waals surface area contributed by atoms with Gasteiger partial charge in [-0.25, -0.2) is 0 Å². The van der Waals surface area contributed by atoms with Gasteiger partial charge in [0, 0.05) is 19.3 Å². The van der Waals surface area contributed by atoms with Gasteiger partial charge in [0.15, 0.2) is 0 Å². The van der Waals surface area contributed by atoms with Crippen LogP contribution in [0.15, 0.2) is 12.2 Å². The molecule has 0 aromatic heterocycles. The van der Waals surface area contributed by atoms with Crippen molar-refractivity contribution in [3.8, 4) is 11.8 Å². The van der Waals surface area contributed by atoms with E-state index in [1.807, 2.05) is 0 Å². The lowest BCUT2D eigenvalue weighted by atomic mass is 9.94. The van der Waals surface area contributed by atoms with E-state index in [2.05, 4.69) is 24.0 Å². The van der Waals surface area contributed by atoms with E-state index in [4.69, 9.17) is 4.74 Å². The number of rotatable bonds is 2. The van der Waals surface area contributed by atoms with E-state index >= 15 is 0 Å². The molecule has 0 N–H and O–H groups in total. The van der Waals surface area contributed by atoms with Crippen molar-refractivity contribution in [3.05, 3.63) is 12.2 Å². The number of allylic oxidation sites excluding steroid dienone is 2. The smallest absolute Gasteiger partial charge is 0.302 e. The molecule has 0 saturated heterocycles. The average molecular weight is 204 g/mol. The van der Waals surface area contributed by atoms with Gasteiger partial charge < -0.3 is 4.74 Å². The molecule has 15 heavy (non-hydrogen) atoms. The highest BCUT2D eigenvalue weighted by molar-refractivity contribution is 5.65. The van der Waals surface area contributed by atoms with E-state index in [0.29, 0.717) is 24.9 Å². The lowest BCUT2D eigenvalue weighted by Gasteiger charge is -2.10. The summed E-state index contributed by atoms with van der Waals surface area (Å²) in [6.45, 7) is 1.85. The van der Waals surface area contributed by atoms with Crippen molar-refractivity contribution in [2.24, 2.45) is 17.8 Å². The van der Waals surface area contributed by atoms with E-state index in [1.54, 1.807) is 0 Å². The number of ether oxygens (including phenoxy) is 1. The summed E-state index contributed by atoms with van der Waals surface area (Å²) in [6.07, 6.45) is 7.81. The molecule has 2 nitrogen and oxygen atoms in total. The first-order valence-electron chi connectivity index (χ1n) is 5.56. The van der Waals surface area contributed by atoms with Crippen LogP contribution in [0.4, 0.5) is 0 Å². The molecule has 3 unspecified atom stereocenters. The minimum Gasteiger partial charge on any atom is -0.465 e. The summed E-state index contributed by atoms with van der Waals surface area (Å²) in [5.74, 6) is 8.20. The fourth-order valence-corrected chi connectivity index (χ4v) is 2.40. The normalized spacial score (nSPS) is 31.1. The van der Waals surface area contributed by atoms with Crippen molar-refractivity contribution in [3.63, 3.8) is 0 Å². The number of carbonyl (C=O) groups is 1. The Morgan fingerprint density at radius 1 is 1.47 bits per heavy atom. The fourth-order valence-electron chi connectivity index (χ4n) is 2.40. The molecule has 0 heterocycles. The quantitative estimate of drug-likeness (QED) is 0.298. The van der Waals surface area contributed by atoms with E-state index in [0.717, 1.165) is 5.92 Å². The van der Waals surface area contributed by atoms with Gasteiger partial charge in [-0.1, -0.05) is 24.0 Å². The van der Waals surface area contributed by atoms with E-state index in [-0.39, 0.29) is 5.97 Å². The van der Waals surface area contributed by atoms with Crippen molar-refractivity contribution in [2.75, 3.05) is 6.61 Å². The monoisotopic (exact) mass is 204 g/mol. The second-order valence-corrected chi connectivity index (χ2v) is 4.30. The van der Waals surface area contributed by atoms with Crippen LogP contribution in [0.1, 0.15) is 26.2 Å². The molecule has 0 aromatic carbocycles. The van der Waals surface area contributed by atoms with Crippen LogP contribution in [-0.2, 0) is 9.53 Å². The Hall–Kier alpha value is -1.23. The van der Waals surface area contributed by atoms with Gasteiger partial charge in [0.1, 0.15) is 6.61 Å². The Kier molecular flexibility index (Phi) is 3.11. The fraction of sp³-hybridized carbons (Fsp3) is 0.615. The molecule has 0 aliphatic heterocycles. The van der Waals surface area contributed by atoms with Crippen molar-refractivity contribution in [1.82, 2.24) is 0 Å². The Balaban J connectivity index is 1.71. The SMILES string of the molecule is CC(=O)OCCC#CC1CC2C=CC1C2. The minimum absolute atomic E-state index is 0.223. The molecule has 1 fully saturated rings. The lowest BCUT2D eigenvalue weighted by molar-refractivity contribution is -0.140. The van der Waals surface area contributed by atoms with Crippen LogP contribution in [0, 0.1) is 29.6 Å². The molecule has 0 radical (unpaired) electrons. The van der Waals surface area contributed by atoms with E-state index < -0.39 is 0 Å². The summed E-state index contributed by atoms with van der Waals surface area (Å²) in [6, 6.07) is 0. The average Bonchev–Trinajstić information content (AvgIpc) is 2.78. The van der Waals surface area contributed by atoms with Crippen LogP contribution in [0.5, 0.6) is 0 Å². The van der Waals surface area contributed by atoms with Gasteiger partial charge in [-0.3, -0.25) is 4.79 Å². The molecule has 2 aliphatic rings. The Bertz CT molecular complexity index is 332. The van der Waals surface area contributed by atoms with Gasteiger partial charge in [-0.2, -0.15) is 0 Å². The number of carbonyl (C=O) groups excluding carboxylic acids is 1. The third kappa shape index (κ3) is 2.62. The van der Waals surface area contributed by atoms with Crippen LogP contribution in [0.25, 0.3) is 0 Å². The highest BCUT2D eigenvalue weighted by atomic mass is 16.5. The van der Waals surface area contributed by atoms with Crippen LogP contribution in [0.3, 0.4) is 0 Å². The van der Waals surface area contributed by atoms with E-state index in [9.17, 15) is 4.79 Å². The third-order valence-corrected chi connectivity index (χ3v) is 3.10. The van der Waals surface area contributed by atoms with Crippen molar-refractivity contribution >= 4 is 5.97 Å². The lowest BCUT2D eigenvalue weighted by Crippen LogP contribution is -2.04. The first-order chi connectivity index (χ1) is 7.25. The second-order valence-electron chi connectivity index (χ2n) is 4.30. The molecule has 1 saturated carbocycles. The molecular weight excluding hydrogens is 188 g/mol. The molecule has 0 spiro atoms. The summed E-state index contributed by atoms with van der Waals surface area (Å²) in [7, 11) is 0. The largest absolute Gasteiger partial charge is 0.465 e. The zero-order valence-corrected chi connectivity index (χ0v) is 9.03. The number of esters is 1. The molecule has 2 rings (SSSR count). The predicted octanol–water partition coefficient (Wildman–Crippen LogP) is 2.16. The summed E-state index contributed by atoms with van der Waals surface area (Å²) >= 11 is 0. The van der Waals surface area contributed by atoms with E-state index in [1.165, 1.54) is 19.8 Å². The van der Waals surface area contributed by atoms with Gasteiger partial charge in [-0.15, -0.1) is 0 Å². The van der Waals surface area contributed by atoms with Crippen LogP contribution >= 0.6 is 0 Å². The molecule has 0 aromatic rings. The van der Waals surface area contributed by atoms with Crippen LogP contribution in [-0.4, -0.2) is 12.6 Å². The number of hydrogen-bond acceptors (Lipinski definition) is 2. The van der Waals surface area contributed by atoms with Crippen molar-refractivity contribution < 1.29 is 9.53 Å². The summed E-state index contributed by atoms with van der Waals surface area (Å²) in [5.41, 5.74) is 0. The molecule has 80 valence electrons. The molecule has 2 bridgehead atoms. The predicted molar refractivity (Wildman–Crippen MR) is 57.9 cm³/mol. The Morgan fingerprint density at radius 3 is 2.93 bits per heavy atom. The Morgan fingerprint density at radius 2 is 2.33 bits per heavy atom. The van der Waals surface area contributed by atoms with Gasteiger partial charge in [0.05, 0.1) is 0 Å². The number of fused-ring (bicyclic) bond motifs is 2. The first kappa shape index (κ1) is 10.3. The summed E-state index contributed by atoms with van der Waals surface area (Å²) in [5, 5.41) is 0. The first-order valence-corrected chi connectivity index (χ1v) is 5.56. The van der Waals surface area contributed by atoms with Crippen molar-refractivity contribution in [1.29, 1.82) is 0 Å².